The van der Waals surface area contributed by atoms with E-state index in [1.807, 2.05) is 32.9 Å². The minimum absolute atomic E-state index is 0.0135. The van der Waals surface area contributed by atoms with Crippen LogP contribution in [0.5, 0.6) is 0 Å². The van der Waals surface area contributed by atoms with Gasteiger partial charge in [0.15, 0.2) is 0 Å². The van der Waals surface area contributed by atoms with Gasteiger partial charge in [0.2, 0.25) is 5.91 Å². The molecule has 1 aliphatic heterocycles. The van der Waals surface area contributed by atoms with E-state index in [0.717, 1.165) is 12.0 Å². The number of carbonyl (C=O) groups excluding carboxylic acids is 1. The monoisotopic (exact) mass is 317 g/mol. The molecule has 4 heteroatoms. The summed E-state index contributed by atoms with van der Waals surface area (Å²) in [6, 6.07) is 8.14. The Balaban J connectivity index is 2.20. The second-order valence-corrected chi connectivity index (χ2v) is 7.26. The maximum Gasteiger partial charge on any atom is 0.308 e. The Labute approximate surface area is 138 Å². The molecule has 1 fully saturated rings. The fraction of sp³-hybridized carbons (Fsp3) is 0.579. The second-order valence-electron chi connectivity index (χ2n) is 7.26. The first-order chi connectivity index (χ1) is 10.8. The van der Waals surface area contributed by atoms with E-state index in [-0.39, 0.29) is 11.8 Å². The number of likely N-dealkylation sites (tertiary alicyclic amines) is 1. The Bertz CT molecular complexity index is 577. The Morgan fingerprint density at radius 2 is 1.83 bits per heavy atom. The zero-order valence-electron chi connectivity index (χ0n) is 14.5. The van der Waals surface area contributed by atoms with Crippen molar-refractivity contribution in [2.24, 2.45) is 11.8 Å². The van der Waals surface area contributed by atoms with Gasteiger partial charge >= 0.3 is 5.97 Å². The van der Waals surface area contributed by atoms with Crippen LogP contribution < -0.4 is 0 Å². The molecule has 0 spiro atoms. The van der Waals surface area contributed by atoms with Crippen molar-refractivity contribution in [1.82, 2.24) is 4.90 Å². The van der Waals surface area contributed by atoms with Crippen LogP contribution >= 0.6 is 0 Å². The number of nitrogens with zero attached hydrogens (tertiary/aromatic N) is 1. The molecule has 4 nitrogen and oxygen atoms in total. The molecule has 0 radical (unpaired) electrons. The lowest BCUT2D eigenvalue weighted by Gasteiger charge is -2.39. The third kappa shape index (κ3) is 3.74. The summed E-state index contributed by atoms with van der Waals surface area (Å²) in [5.74, 6) is -1.04. The Hall–Kier alpha value is -1.84. The molecular weight excluding hydrogens is 290 g/mol. The maximum atomic E-state index is 13.0. The fourth-order valence-corrected chi connectivity index (χ4v) is 3.37. The van der Waals surface area contributed by atoms with Crippen molar-refractivity contribution in [3.8, 4) is 0 Å². The van der Waals surface area contributed by atoms with Crippen LogP contribution in [0.15, 0.2) is 24.3 Å². The van der Waals surface area contributed by atoms with Gasteiger partial charge in [0.25, 0.3) is 0 Å². The molecule has 0 saturated carbocycles. The summed E-state index contributed by atoms with van der Waals surface area (Å²) in [6.45, 7) is 8.91. The summed E-state index contributed by atoms with van der Waals surface area (Å²) in [5, 5.41) is 9.30. The lowest BCUT2D eigenvalue weighted by atomic mass is 9.81. The van der Waals surface area contributed by atoms with E-state index in [1.165, 1.54) is 5.56 Å². The summed E-state index contributed by atoms with van der Waals surface area (Å²) < 4.78 is 0. The predicted molar refractivity (Wildman–Crippen MR) is 90.3 cm³/mol. The first-order valence-corrected chi connectivity index (χ1v) is 8.37. The van der Waals surface area contributed by atoms with E-state index < -0.39 is 17.3 Å². The number of amides is 1. The van der Waals surface area contributed by atoms with Crippen molar-refractivity contribution in [3.63, 3.8) is 0 Å². The smallest absolute Gasteiger partial charge is 0.308 e. The fourth-order valence-electron chi connectivity index (χ4n) is 3.37. The van der Waals surface area contributed by atoms with Crippen LogP contribution in [0.3, 0.4) is 0 Å². The lowest BCUT2D eigenvalue weighted by molar-refractivity contribution is -0.148. The molecule has 1 aliphatic rings. The van der Waals surface area contributed by atoms with Gasteiger partial charge in [-0.25, -0.2) is 0 Å². The number of piperidine rings is 1. The number of carboxylic acids is 1. The summed E-state index contributed by atoms with van der Waals surface area (Å²) >= 11 is 0. The molecule has 1 saturated heterocycles. The molecule has 0 bridgehead atoms. The van der Waals surface area contributed by atoms with Crippen LogP contribution in [-0.4, -0.2) is 35.0 Å². The number of aryl methyl sites for hydroxylation is 1. The van der Waals surface area contributed by atoms with Gasteiger partial charge in [-0.15, -0.1) is 0 Å². The van der Waals surface area contributed by atoms with Crippen LogP contribution in [0, 0.1) is 11.8 Å². The van der Waals surface area contributed by atoms with E-state index in [2.05, 4.69) is 19.1 Å². The number of aliphatic carboxylic acids is 1. The van der Waals surface area contributed by atoms with E-state index in [0.29, 0.717) is 19.5 Å². The van der Waals surface area contributed by atoms with Crippen molar-refractivity contribution in [3.05, 3.63) is 35.4 Å². The molecule has 0 aliphatic carbocycles. The number of benzene rings is 1. The molecule has 126 valence electrons. The van der Waals surface area contributed by atoms with Gasteiger partial charge in [0.05, 0.1) is 11.3 Å². The summed E-state index contributed by atoms with van der Waals surface area (Å²) in [6.07, 6.45) is 1.61. The van der Waals surface area contributed by atoms with Gasteiger partial charge < -0.3 is 10.0 Å². The van der Waals surface area contributed by atoms with E-state index >= 15 is 0 Å². The Kier molecular flexibility index (Phi) is 5.12. The molecule has 2 atom stereocenters. The SMILES string of the molecule is CCc1ccc(C(C)(C)C(=O)N2CC(C)CC(C(=O)O)C2)cc1. The summed E-state index contributed by atoms with van der Waals surface area (Å²) in [5.41, 5.74) is 1.58. The number of hydrogen-bond donors (Lipinski definition) is 1. The van der Waals surface area contributed by atoms with Gasteiger partial charge in [-0.3, -0.25) is 9.59 Å². The summed E-state index contributed by atoms with van der Waals surface area (Å²) in [4.78, 5) is 26.1. The molecule has 2 rings (SSSR count). The predicted octanol–water partition coefficient (Wildman–Crippen LogP) is 3.10. The van der Waals surface area contributed by atoms with Crippen molar-refractivity contribution < 1.29 is 14.7 Å². The third-order valence-corrected chi connectivity index (χ3v) is 4.91. The molecule has 1 amide bonds. The van der Waals surface area contributed by atoms with Gasteiger partial charge in [-0.05, 0) is 43.7 Å². The molecule has 2 unspecified atom stereocenters. The van der Waals surface area contributed by atoms with Gasteiger partial charge in [-0.2, -0.15) is 0 Å². The van der Waals surface area contributed by atoms with Crippen LogP contribution in [0.2, 0.25) is 0 Å². The molecular formula is C19H27NO3. The van der Waals surface area contributed by atoms with Gasteiger partial charge in [-0.1, -0.05) is 38.1 Å². The molecule has 0 aromatic heterocycles. The number of hydrogen-bond acceptors (Lipinski definition) is 2. The van der Waals surface area contributed by atoms with E-state index in [4.69, 9.17) is 0 Å². The van der Waals surface area contributed by atoms with Crippen molar-refractivity contribution in [2.45, 2.75) is 46.0 Å². The number of carbonyl (C=O) groups is 2. The van der Waals surface area contributed by atoms with Crippen LogP contribution in [-0.2, 0) is 21.4 Å². The highest BCUT2D eigenvalue weighted by atomic mass is 16.4. The van der Waals surface area contributed by atoms with Crippen LogP contribution in [0.25, 0.3) is 0 Å². The molecule has 23 heavy (non-hydrogen) atoms. The highest BCUT2D eigenvalue weighted by Gasteiger charge is 2.38. The van der Waals surface area contributed by atoms with Gasteiger partial charge in [0, 0.05) is 13.1 Å². The number of rotatable bonds is 4. The Morgan fingerprint density at radius 3 is 2.35 bits per heavy atom. The van der Waals surface area contributed by atoms with Crippen molar-refractivity contribution in [1.29, 1.82) is 0 Å². The maximum absolute atomic E-state index is 13.0. The summed E-state index contributed by atoms with van der Waals surface area (Å²) in [7, 11) is 0. The molecule has 1 aromatic carbocycles. The zero-order chi connectivity index (χ0) is 17.2. The van der Waals surface area contributed by atoms with Crippen LogP contribution in [0.4, 0.5) is 0 Å². The molecule has 1 aromatic rings. The molecule has 1 heterocycles. The largest absolute Gasteiger partial charge is 0.481 e. The van der Waals surface area contributed by atoms with Crippen molar-refractivity contribution >= 4 is 11.9 Å². The average Bonchev–Trinajstić information content (AvgIpc) is 2.53. The van der Waals surface area contributed by atoms with E-state index in [1.54, 1.807) is 4.90 Å². The first kappa shape index (κ1) is 17.5. The standard InChI is InChI=1S/C19H27NO3/c1-5-14-6-8-16(9-7-14)19(3,4)18(23)20-11-13(2)10-15(12-20)17(21)22/h6-9,13,15H,5,10-12H2,1-4H3,(H,21,22). The topological polar surface area (TPSA) is 57.6 Å². The normalized spacial score (nSPS) is 22.0. The third-order valence-electron chi connectivity index (χ3n) is 4.91. The van der Waals surface area contributed by atoms with Crippen LogP contribution in [0.1, 0.15) is 45.2 Å². The highest BCUT2D eigenvalue weighted by Crippen LogP contribution is 2.30. The Morgan fingerprint density at radius 1 is 1.22 bits per heavy atom. The average molecular weight is 317 g/mol. The minimum Gasteiger partial charge on any atom is -0.481 e. The minimum atomic E-state index is -0.806. The zero-order valence-corrected chi connectivity index (χ0v) is 14.5. The van der Waals surface area contributed by atoms with E-state index in [9.17, 15) is 14.7 Å². The number of carboxylic acid groups (broad SMARTS) is 1. The quantitative estimate of drug-likeness (QED) is 0.928. The highest BCUT2D eigenvalue weighted by molar-refractivity contribution is 5.88. The second kappa shape index (κ2) is 6.73. The lowest BCUT2D eigenvalue weighted by Crippen LogP contribution is -2.51. The first-order valence-electron chi connectivity index (χ1n) is 8.37. The van der Waals surface area contributed by atoms with Gasteiger partial charge in [0.1, 0.15) is 0 Å². The molecule has 1 N–H and O–H groups in total. The van der Waals surface area contributed by atoms with Crippen molar-refractivity contribution in [2.75, 3.05) is 13.1 Å².